The van der Waals surface area contributed by atoms with E-state index in [1.54, 1.807) is 0 Å². The van der Waals surface area contributed by atoms with Crippen LogP contribution in [0.25, 0.3) is 0 Å². The molecule has 0 amide bonds. The standard InChI is InChI=1S/C11H21ClN2/c1-9(2)11-8-14(7-10(3)12)6-4-5-13-11/h9,11,13H,3-8H2,1-2H3. The molecule has 0 spiro atoms. The van der Waals surface area contributed by atoms with Crippen LogP contribution in [0.1, 0.15) is 20.3 Å². The van der Waals surface area contributed by atoms with Crippen molar-refractivity contribution < 1.29 is 0 Å². The molecular formula is C11H21ClN2. The van der Waals surface area contributed by atoms with E-state index >= 15 is 0 Å². The van der Waals surface area contributed by atoms with Gasteiger partial charge in [-0.3, -0.25) is 4.90 Å². The molecular weight excluding hydrogens is 196 g/mol. The molecule has 0 saturated carbocycles. The second kappa shape index (κ2) is 5.74. The van der Waals surface area contributed by atoms with Gasteiger partial charge in [0, 0.05) is 24.2 Å². The van der Waals surface area contributed by atoms with Crippen molar-refractivity contribution in [3.63, 3.8) is 0 Å². The molecule has 1 heterocycles. The molecule has 0 bridgehead atoms. The van der Waals surface area contributed by atoms with Crippen molar-refractivity contribution in [1.29, 1.82) is 0 Å². The first-order valence-corrected chi connectivity index (χ1v) is 5.76. The van der Waals surface area contributed by atoms with Crippen molar-refractivity contribution >= 4 is 11.6 Å². The first kappa shape index (κ1) is 12.0. The molecule has 1 aliphatic rings. The van der Waals surface area contributed by atoms with Crippen molar-refractivity contribution in [3.8, 4) is 0 Å². The second-order valence-electron chi connectivity index (χ2n) is 4.41. The van der Waals surface area contributed by atoms with Gasteiger partial charge in [-0.05, 0) is 25.4 Å². The highest BCUT2D eigenvalue weighted by atomic mass is 35.5. The van der Waals surface area contributed by atoms with Gasteiger partial charge in [0.25, 0.3) is 0 Å². The van der Waals surface area contributed by atoms with Crippen LogP contribution in [0.5, 0.6) is 0 Å². The van der Waals surface area contributed by atoms with E-state index in [1.807, 2.05) is 0 Å². The molecule has 0 aliphatic carbocycles. The molecule has 1 aliphatic heterocycles. The maximum Gasteiger partial charge on any atom is 0.0336 e. The molecule has 0 radical (unpaired) electrons. The van der Waals surface area contributed by atoms with Gasteiger partial charge >= 0.3 is 0 Å². The van der Waals surface area contributed by atoms with Crippen LogP contribution in [0.15, 0.2) is 11.6 Å². The Kier molecular flexibility index (Phi) is 4.93. The maximum absolute atomic E-state index is 5.84. The van der Waals surface area contributed by atoms with E-state index in [2.05, 4.69) is 30.6 Å². The number of halogens is 1. The predicted octanol–water partition coefficient (Wildman–Crippen LogP) is 2.06. The number of hydrogen-bond donors (Lipinski definition) is 1. The molecule has 82 valence electrons. The predicted molar refractivity (Wildman–Crippen MR) is 62.7 cm³/mol. The molecule has 3 heteroatoms. The summed E-state index contributed by atoms with van der Waals surface area (Å²) in [5.41, 5.74) is 0. The molecule has 2 nitrogen and oxygen atoms in total. The highest BCUT2D eigenvalue weighted by molar-refractivity contribution is 6.29. The minimum absolute atomic E-state index is 0.591. The second-order valence-corrected chi connectivity index (χ2v) is 4.95. The molecule has 1 rings (SSSR count). The van der Waals surface area contributed by atoms with Crippen LogP contribution < -0.4 is 5.32 Å². The summed E-state index contributed by atoms with van der Waals surface area (Å²) in [6.07, 6.45) is 1.20. The lowest BCUT2D eigenvalue weighted by Crippen LogP contribution is -2.41. The smallest absolute Gasteiger partial charge is 0.0336 e. The third-order valence-electron chi connectivity index (χ3n) is 2.71. The van der Waals surface area contributed by atoms with Crippen molar-refractivity contribution in [3.05, 3.63) is 11.6 Å². The normalized spacial score (nSPS) is 25.0. The average molecular weight is 217 g/mol. The van der Waals surface area contributed by atoms with Gasteiger partial charge < -0.3 is 5.32 Å². The summed E-state index contributed by atoms with van der Waals surface area (Å²) in [6.45, 7) is 12.4. The Morgan fingerprint density at radius 3 is 2.93 bits per heavy atom. The van der Waals surface area contributed by atoms with Crippen LogP contribution in [0.3, 0.4) is 0 Å². The van der Waals surface area contributed by atoms with E-state index in [-0.39, 0.29) is 0 Å². The summed E-state index contributed by atoms with van der Waals surface area (Å²) >= 11 is 5.84. The fourth-order valence-electron chi connectivity index (χ4n) is 1.86. The quantitative estimate of drug-likeness (QED) is 0.777. The van der Waals surface area contributed by atoms with Crippen LogP contribution in [-0.2, 0) is 0 Å². The number of hydrogen-bond acceptors (Lipinski definition) is 2. The van der Waals surface area contributed by atoms with Crippen LogP contribution in [0.4, 0.5) is 0 Å². The van der Waals surface area contributed by atoms with Gasteiger partial charge in [0.1, 0.15) is 0 Å². The molecule has 1 unspecified atom stereocenters. The van der Waals surface area contributed by atoms with E-state index < -0.39 is 0 Å². The first-order chi connectivity index (χ1) is 6.59. The lowest BCUT2D eigenvalue weighted by Gasteiger charge is -2.26. The van der Waals surface area contributed by atoms with Crippen molar-refractivity contribution in [1.82, 2.24) is 10.2 Å². The monoisotopic (exact) mass is 216 g/mol. The van der Waals surface area contributed by atoms with Crippen molar-refractivity contribution in [2.75, 3.05) is 26.2 Å². The Labute approximate surface area is 92.3 Å². The van der Waals surface area contributed by atoms with Gasteiger partial charge in [-0.1, -0.05) is 32.0 Å². The number of rotatable bonds is 3. The Balaban J connectivity index is 2.46. The minimum Gasteiger partial charge on any atom is -0.312 e. The van der Waals surface area contributed by atoms with Gasteiger partial charge in [0.05, 0.1) is 0 Å². The topological polar surface area (TPSA) is 15.3 Å². The lowest BCUT2D eigenvalue weighted by atomic mass is 10.0. The SMILES string of the molecule is C=C(Cl)CN1CCCNC(C(C)C)C1. The van der Waals surface area contributed by atoms with Crippen LogP contribution in [-0.4, -0.2) is 37.1 Å². The van der Waals surface area contributed by atoms with Crippen molar-refractivity contribution in [2.24, 2.45) is 5.92 Å². The molecule has 0 aromatic heterocycles. The zero-order valence-corrected chi connectivity index (χ0v) is 9.98. The van der Waals surface area contributed by atoms with E-state index in [0.29, 0.717) is 12.0 Å². The summed E-state index contributed by atoms with van der Waals surface area (Å²) in [5, 5.41) is 4.31. The summed E-state index contributed by atoms with van der Waals surface area (Å²) in [6, 6.07) is 0.591. The Morgan fingerprint density at radius 1 is 1.64 bits per heavy atom. The van der Waals surface area contributed by atoms with Crippen molar-refractivity contribution in [2.45, 2.75) is 26.3 Å². The largest absolute Gasteiger partial charge is 0.312 e. The molecule has 1 atom stereocenters. The molecule has 1 saturated heterocycles. The lowest BCUT2D eigenvalue weighted by molar-refractivity contribution is 0.266. The number of nitrogens with one attached hydrogen (secondary N) is 1. The fraction of sp³-hybridized carbons (Fsp3) is 0.818. The first-order valence-electron chi connectivity index (χ1n) is 5.38. The zero-order chi connectivity index (χ0) is 10.6. The Morgan fingerprint density at radius 2 is 2.36 bits per heavy atom. The molecule has 1 fully saturated rings. The minimum atomic E-state index is 0.591. The third-order valence-corrected chi connectivity index (χ3v) is 2.83. The molecule has 14 heavy (non-hydrogen) atoms. The van der Waals surface area contributed by atoms with E-state index in [4.69, 9.17) is 11.6 Å². The molecule has 1 N–H and O–H groups in total. The maximum atomic E-state index is 5.84. The molecule has 0 aromatic carbocycles. The summed E-state index contributed by atoms with van der Waals surface area (Å²) in [5.74, 6) is 0.680. The van der Waals surface area contributed by atoms with Gasteiger partial charge in [0.2, 0.25) is 0 Å². The average Bonchev–Trinajstić information content (AvgIpc) is 2.28. The fourth-order valence-corrected chi connectivity index (χ4v) is 2.03. The van der Waals surface area contributed by atoms with Crippen LogP contribution >= 0.6 is 11.6 Å². The Bertz CT molecular complexity index is 192. The molecule has 0 aromatic rings. The van der Waals surface area contributed by atoms with Gasteiger partial charge in [0.15, 0.2) is 0 Å². The summed E-state index contributed by atoms with van der Waals surface area (Å²) in [7, 11) is 0. The van der Waals surface area contributed by atoms with Gasteiger partial charge in [-0.2, -0.15) is 0 Å². The number of nitrogens with zero attached hydrogens (tertiary/aromatic N) is 1. The van der Waals surface area contributed by atoms with Gasteiger partial charge in [-0.15, -0.1) is 0 Å². The Hall–Kier alpha value is -0.0500. The zero-order valence-electron chi connectivity index (χ0n) is 9.22. The van der Waals surface area contributed by atoms with Gasteiger partial charge in [-0.25, -0.2) is 0 Å². The highest BCUT2D eigenvalue weighted by Gasteiger charge is 2.19. The summed E-state index contributed by atoms with van der Waals surface area (Å²) in [4.78, 5) is 2.39. The van der Waals surface area contributed by atoms with Crippen LogP contribution in [0.2, 0.25) is 0 Å². The van der Waals surface area contributed by atoms with E-state index in [1.165, 1.54) is 6.42 Å². The summed E-state index contributed by atoms with van der Waals surface area (Å²) < 4.78 is 0. The third kappa shape index (κ3) is 3.99. The highest BCUT2D eigenvalue weighted by Crippen LogP contribution is 2.10. The van der Waals surface area contributed by atoms with E-state index in [9.17, 15) is 0 Å². The van der Waals surface area contributed by atoms with E-state index in [0.717, 1.165) is 31.2 Å². The van der Waals surface area contributed by atoms with Crippen LogP contribution in [0, 0.1) is 5.92 Å².